The van der Waals surface area contributed by atoms with Crippen LogP contribution < -0.4 is 16.0 Å². The molecule has 5 heteroatoms. The number of unbranched alkanes of at least 4 members (excludes halogenated alkanes) is 1. The number of aliphatic imine (C=N–C) groups is 1. The summed E-state index contributed by atoms with van der Waals surface area (Å²) in [5, 5.41) is 3.16. The van der Waals surface area contributed by atoms with E-state index < -0.39 is 0 Å². The fourth-order valence-electron chi connectivity index (χ4n) is 2.53. The van der Waals surface area contributed by atoms with Crippen molar-refractivity contribution in [1.29, 1.82) is 0 Å². The summed E-state index contributed by atoms with van der Waals surface area (Å²) in [7, 11) is 2.12. The Bertz CT molecular complexity index is 643. The molecule has 0 aliphatic heterocycles. The predicted octanol–water partition coefficient (Wildman–Crippen LogP) is 4.51. The fraction of sp³-hybridized carbons (Fsp3) is 0.350. The number of halogens is 1. The number of hydrogen-bond acceptors (Lipinski definition) is 2. The highest BCUT2D eigenvalue weighted by Gasteiger charge is 1.99. The molecule has 0 heterocycles. The summed E-state index contributed by atoms with van der Waals surface area (Å²) >= 11 is 0. The molecular weight excluding hydrogens is 423 g/mol. The second-order valence-electron chi connectivity index (χ2n) is 5.91. The summed E-state index contributed by atoms with van der Waals surface area (Å²) in [6, 6.07) is 18.7. The number of guanidine groups is 1. The molecule has 0 fully saturated rings. The highest BCUT2D eigenvalue weighted by Crippen LogP contribution is 2.12. The SMILES string of the molecule is CCc1cccc(NC(N)=NCCCCN(C)c2ccccc2)c1.I. The molecule has 2 aromatic carbocycles. The van der Waals surface area contributed by atoms with Crippen LogP contribution in [0.25, 0.3) is 0 Å². The van der Waals surface area contributed by atoms with Gasteiger partial charge in [0.15, 0.2) is 5.96 Å². The minimum absolute atomic E-state index is 0. The van der Waals surface area contributed by atoms with Crippen LogP contribution in [0.5, 0.6) is 0 Å². The number of benzene rings is 2. The lowest BCUT2D eigenvalue weighted by Crippen LogP contribution is -2.23. The largest absolute Gasteiger partial charge is 0.375 e. The first-order valence-electron chi connectivity index (χ1n) is 8.61. The molecule has 136 valence electrons. The van der Waals surface area contributed by atoms with Gasteiger partial charge in [0.1, 0.15) is 0 Å². The van der Waals surface area contributed by atoms with E-state index in [1.54, 1.807) is 0 Å². The Labute approximate surface area is 168 Å². The van der Waals surface area contributed by atoms with Gasteiger partial charge in [0.05, 0.1) is 0 Å². The van der Waals surface area contributed by atoms with E-state index in [2.05, 4.69) is 65.6 Å². The molecule has 0 unspecified atom stereocenters. The van der Waals surface area contributed by atoms with Gasteiger partial charge >= 0.3 is 0 Å². The van der Waals surface area contributed by atoms with Gasteiger partial charge in [-0.3, -0.25) is 4.99 Å². The highest BCUT2D eigenvalue weighted by molar-refractivity contribution is 14.0. The fourth-order valence-corrected chi connectivity index (χ4v) is 2.53. The summed E-state index contributed by atoms with van der Waals surface area (Å²) in [5.74, 6) is 0.486. The smallest absolute Gasteiger partial charge is 0.193 e. The van der Waals surface area contributed by atoms with E-state index in [9.17, 15) is 0 Å². The quantitative estimate of drug-likeness (QED) is 0.268. The molecule has 4 nitrogen and oxygen atoms in total. The lowest BCUT2D eigenvalue weighted by molar-refractivity contribution is 0.728. The molecular formula is C20H29IN4. The number of nitrogens with one attached hydrogen (secondary N) is 1. The Morgan fingerprint density at radius 3 is 2.56 bits per heavy atom. The third-order valence-corrected chi connectivity index (χ3v) is 3.99. The van der Waals surface area contributed by atoms with E-state index in [4.69, 9.17) is 5.73 Å². The molecule has 0 aromatic heterocycles. The first kappa shape index (κ1) is 21.3. The van der Waals surface area contributed by atoms with Crippen LogP contribution in [0, 0.1) is 0 Å². The number of hydrogen-bond donors (Lipinski definition) is 2. The monoisotopic (exact) mass is 452 g/mol. The van der Waals surface area contributed by atoms with E-state index >= 15 is 0 Å². The number of anilines is 2. The van der Waals surface area contributed by atoms with Gasteiger partial charge in [-0.05, 0) is 49.1 Å². The molecule has 0 spiro atoms. The van der Waals surface area contributed by atoms with Crippen LogP contribution in [0.4, 0.5) is 11.4 Å². The van der Waals surface area contributed by atoms with Crippen molar-refractivity contribution in [2.24, 2.45) is 10.7 Å². The van der Waals surface area contributed by atoms with Crippen LogP contribution in [0.3, 0.4) is 0 Å². The summed E-state index contributed by atoms with van der Waals surface area (Å²) < 4.78 is 0. The van der Waals surface area contributed by atoms with Crippen molar-refractivity contribution in [2.75, 3.05) is 30.4 Å². The van der Waals surface area contributed by atoms with Gasteiger partial charge in [-0.2, -0.15) is 0 Å². The van der Waals surface area contributed by atoms with Crippen LogP contribution in [-0.2, 0) is 6.42 Å². The van der Waals surface area contributed by atoms with E-state index in [1.807, 2.05) is 18.2 Å². The van der Waals surface area contributed by atoms with Crippen LogP contribution in [0.2, 0.25) is 0 Å². The molecule has 0 aliphatic carbocycles. The molecule has 0 radical (unpaired) electrons. The van der Waals surface area contributed by atoms with Crippen molar-refractivity contribution < 1.29 is 0 Å². The van der Waals surface area contributed by atoms with Gasteiger partial charge in [-0.15, -0.1) is 24.0 Å². The Hall–Kier alpha value is -1.76. The van der Waals surface area contributed by atoms with E-state index in [-0.39, 0.29) is 24.0 Å². The highest BCUT2D eigenvalue weighted by atomic mass is 127. The van der Waals surface area contributed by atoms with Crippen molar-refractivity contribution >= 4 is 41.3 Å². The van der Waals surface area contributed by atoms with Crippen molar-refractivity contribution in [3.8, 4) is 0 Å². The van der Waals surface area contributed by atoms with Crippen molar-refractivity contribution in [1.82, 2.24) is 0 Å². The second kappa shape index (κ2) is 11.7. The maximum absolute atomic E-state index is 5.96. The Kier molecular flexibility index (Phi) is 9.99. The van der Waals surface area contributed by atoms with Crippen molar-refractivity contribution in [3.05, 3.63) is 60.2 Å². The molecule has 0 aliphatic rings. The normalized spacial score (nSPS) is 10.9. The molecule has 3 N–H and O–H groups in total. The number of aryl methyl sites for hydroxylation is 1. The lowest BCUT2D eigenvalue weighted by atomic mass is 10.1. The molecule has 25 heavy (non-hydrogen) atoms. The van der Waals surface area contributed by atoms with Crippen LogP contribution in [0.15, 0.2) is 59.6 Å². The molecule has 0 bridgehead atoms. The maximum Gasteiger partial charge on any atom is 0.193 e. The zero-order chi connectivity index (χ0) is 17.2. The maximum atomic E-state index is 5.96. The zero-order valence-corrected chi connectivity index (χ0v) is 17.4. The van der Waals surface area contributed by atoms with Crippen LogP contribution in [0.1, 0.15) is 25.3 Å². The van der Waals surface area contributed by atoms with Gasteiger partial charge in [-0.25, -0.2) is 0 Å². The third-order valence-electron chi connectivity index (χ3n) is 3.99. The number of nitrogens with zero attached hydrogens (tertiary/aromatic N) is 2. The van der Waals surface area contributed by atoms with Crippen LogP contribution >= 0.6 is 24.0 Å². The van der Waals surface area contributed by atoms with Crippen LogP contribution in [-0.4, -0.2) is 26.1 Å². The molecule has 2 aromatic rings. The van der Waals surface area contributed by atoms with Gasteiger partial charge in [-0.1, -0.05) is 37.3 Å². The van der Waals surface area contributed by atoms with Gasteiger partial charge in [0.2, 0.25) is 0 Å². The van der Waals surface area contributed by atoms with Crippen molar-refractivity contribution in [3.63, 3.8) is 0 Å². The van der Waals surface area contributed by atoms with E-state index in [1.165, 1.54) is 11.3 Å². The molecule has 0 atom stereocenters. The first-order valence-corrected chi connectivity index (χ1v) is 8.61. The van der Waals surface area contributed by atoms with Gasteiger partial charge < -0.3 is 16.0 Å². The second-order valence-corrected chi connectivity index (χ2v) is 5.91. The summed E-state index contributed by atoms with van der Waals surface area (Å²) in [6.45, 7) is 3.91. The summed E-state index contributed by atoms with van der Waals surface area (Å²) in [6.07, 6.45) is 3.13. The first-order chi connectivity index (χ1) is 11.7. The van der Waals surface area contributed by atoms with E-state index in [0.29, 0.717) is 5.96 Å². The lowest BCUT2D eigenvalue weighted by Gasteiger charge is -2.18. The minimum Gasteiger partial charge on any atom is -0.375 e. The summed E-state index contributed by atoms with van der Waals surface area (Å²) in [4.78, 5) is 6.67. The predicted molar refractivity (Wildman–Crippen MR) is 120 cm³/mol. The summed E-state index contributed by atoms with van der Waals surface area (Å²) in [5.41, 5.74) is 9.50. The standard InChI is InChI=1S/C20H28N4.HI/c1-3-17-10-9-11-18(16-17)23-20(21)22-14-7-8-15-24(2)19-12-5-4-6-13-19;/h4-6,9-13,16H,3,7-8,14-15H2,1-2H3,(H3,21,22,23);1H. The zero-order valence-electron chi connectivity index (χ0n) is 15.1. The molecule has 0 saturated carbocycles. The average molecular weight is 452 g/mol. The average Bonchev–Trinajstić information content (AvgIpc) is 2.62. The molecule has 0 saturated heterocycles. The Morgan fingerprint density at radius 2 is 1.84 bits per heavy atom. The van der Waals surface area contributed by atoms with Gasteiger partial charge in [0, 0.05) is 31.5 Å². The van der Waals surface area contributed by atoms with E-state index in [0.717, 1.165) is 38.0 Å². The Balaban J connectivity index is 0.00000312. The minimum atomic E-state index is 0. The topological polar surface area (TPSA) is 53.6 Å². The third kappa shape index (κ3) is 7.77. The molecule has 0 amide bonds. The number of nitrogens with two attached hydrogens (primary N) is 1. The van der Waals surface area contributed by atoms with Crippen molar-refractivity contribution in [2.45, 2.75) is 26.2 Å². The number of para-hydroxylation sites is 1. The Morgan fingerprint density at radius 1 is 1.08 bits per heavy atom. The van der Waals surface area contributed by atoms with Gasteiger partial charge in [0.25, 0.3) is 0 Å². The molecule has 2 rings (SSSR count). The number of rotatable bonds is 8.